The standard InChI is InChI=1S/C17H11BrClF5N4O2/c1-28-7-12(16(20,21)22)26-13(28)10-4-2-9(3-5-10)8-29-14-11(30-17(18,23)24)6-25-15(19)27-14/h2-7H,8H2,1H3. The van der Waals surface area contributed by atoms with Gasteiger partial charge in [-0.25, -0.2) is 9.97 Å². The lowest BCUT2D eigenvalue weighted by Crippen LogP contribution is -2.16. The van der Waals surface area contributed by atoms with E-state index < -0.39 is 22.6 Å². The Kier molecular flexibility index (Phi) is 6.18. The van der Waals surface area contributed by atoms with Crippen LogP contribution in [0.15, 0.2) is 36.7 Å². The first-order chi connectivity index (χ1) is 13.9. The van der Waals surface area contributed by atoms with E-state index in [0.29, 0.717) is 11.1 Å². The number of hydrogen-bond donors (Lipinski definition) is 0. The minimum Gasteiger partial charge on any atom is -0.470 e. The lowest BCUT2D eigenvalue weighted by molar-refractivity contribution is -0.140. The summed E-state index contributed by atoms with van der Waals surface area (Å²) in [4.78, 5) is 10.9. The van der Waals surface area contributed by atoms with Gasteiger partial charge in [0.05, 0.1) is 6.20 Å². The summed E-state index contributed by atoms with van der Waals surface area (Å²) in [5.74, 6) is -0.615. The minimum atomic E-state index is -4.55. The molecule has 0 saturated carbocycles. The summed E-state index contributed by atoms with van der Waals surface area (Å²) in [6, 6.07) is 6.27. The molecule has 0 radical (unpaired) electrons. The average Bonchev–Trinajstić information content (AvgIpc) is 3.03. The number of ether oxygens (including phenoxy) is 2. The fourth-order valence-electron chi connectivity index (χ4n) is 2.41. The second kappa shape index (κ2) is 8.34. The Hall–Kier alpha value is -2.47. The number of halogens is 7. The van der Waals surface area contributed by atoms with E-state index in [0.717, 1.165) is 12.4 Å². The number of alkyl halides is 6. The molecular weight excluding hydrogens is 503 g/mol. The fourth-order valence-corrected chi connectivity index (χ4v) is 2.71. The zero-order valence-electron chi connectivity index (χ0n) is 14.9. The Bertz CT molecular complexity index is 1040. The Labute approximate surface area is 179 Å². The van der Waals surface area contributed by atoms with Gasteiger partial charge in [0.1, 0.15) is 12.4 Å². The first-order valence-electron chi connectivity index (χ1n) is 8.03. The maximum absolute atomic E-state index is 13.0. The molecule has 0 N–H and O–H groups in total. The molecule has 3 aromatic rings. The molecule has 0 saturated heterocycles. The number of aryl methyl sites for hydroxylation is 1. The molecule has 0 aliphatic rings. The van der Waals surface area contributed by atoms with Crippen molar-refractivity contribution in [2.24, 2.45) is 7.05 Å². The third kappa shape index (κ3) is 5.57. The number of hydrogen-bond acceptors (Lipinski definition) is 5. The Morgan fingerprint density at radius 1 is 1.10 bits per heavy atom. The molecule has 0 fully saturated rings. The van der Waals surface area contributed by atoms with Crippen LogP contribution in [0.2, 0.25) is 5.28 Å². The third-order valence-corrected chi connectivity index (χ3v) is 4.02. The van der Waals surface area contributed by atoms with Crippen molar-refractivity contribution >= 4 is 27.5 Å². The summed E-state index contributed by atoms with van der Waals surface area (Å²) in [6.07, 6.45) is -2.72. The average molecular weight is 514 g/mol. The third-order valence-electron chi connectivity index (χ3n) is 3.67. The molecule has 13 heteroatoms. The molecule has 0 aliphatic carbocycles. The molecule has 2 heterocycles. The van der Waals surface area contributed by atoms with Gasteiger partial charge in [0.2, 0.25) is 11.0 Å². The predicted octanol–water partition coefficient (Wildman–Crippen LogP) is 5.45. The Balaban J connectivity index is 1.75. The quantitative estimate of drug-likeness (QED) is 0.249. The van der Waals surface area contributed by atoms with Crippen LogP contribution in [-0.4, -0.2) is 24.5 Å². The largest absolute Gasteiger partial charge is 0.470 e. The molecule has 6 nitrogen and oxygen atoms in total. The van der Waals surface area contributed by atoms with Crippen LogP contribution in [0.5, 0.6) is 11.6 Å². The van der Waals surface area contributed by atoms with Gasteiger partial charge in [-0.3, -0.25) is 0 Å². The van der Waals surface area contributed by atoms with Crippen molar-refractivity contribution in [3.05, 3.63) is 53.2 Å². The topological polar surface area (TPSA) is 62.1 Å². The molecule has 2 aromatic heterocycles. The second-order valence-electron chi connectivity index (χ2n) is 5.90. The van der Waals surface area contributed by atoms with Crippen molar-refractivity contribution in [1.29, 1.82) is 0 Å². The van der Waals surface area contributed by atoms with Crippen molar-refractivity contribution in [2.45, 2.75) is 17.8 Å². The molecule has 0 spiro atoms. The van der Waals surface area contributed by atoms with E-state index in [9.17, 15) is 22.0 Å². The summed E-state index contributed by atoms with van der Waals surface area (Å²) in [5.41, 5.74) is 0.0317. The van der Waals surface area contributed by atoms with E-state index in [2.05, 4.69) is 19.7 Å². The molecule has 160 valence electrons. The number of aromatic nitrogens is 4. The number of rotatable bonds is 6. The van der Waals surface area contributed by atoms with E-state index in [4.69, 9.17) is 16.3 Å². The highest BCUT2D eigenvalue weighted by Gasteiger charge is 2.34. The zero-order chi connectivity index (χ0) is 22.1. The van der Waals surface area contributed by atoms with Crippen LogP contribution in [0.25, 0.3) is 11.4 Å². The number of benzene rings is 1. The van der Waals surface area contributed by atoms with Crippen LogP contribution >= 0.6 is 27.5 Å². The molecule has 0 unspecified atom stereocenters. The van der Waals surface area contributed by atoms with Crippen LogP contribution < -0.4 is 9.47 Å². The normalized spacial score (nSPS) is 12.1. The van der Waals surface area contributed by atoms with E-state index in [1.807, 2.05) is 15.9 Å². The van der Waals surface area contributed by atoms with Gasteiger partial charge in [-0.2, -0.15) is 26.9 Å². The number of imidazole rings is 1. The van der Waals surface area contributed by atoms with Crippen LogP contribution in [0.3, 0.4) is 0 Å². The lowest BCUT2D eigenvalue weighted by Gasteiger charge is -2.14. The van der Waals surface area contributed by atoms with E-state index in [1.54, 1.807) is 24.3 Å². The monoisotopic (exact) mass is 512 g/mol. The van der Waals surface area contributed by atoms with Crippen molar-refractivity contribution in [3.8, 4) is 23.0 Å². The van der Waals surface area contributed by atoms with Gasteiger partial charge in [-0.1, -0.05) is 24.3 Å². The van der Waals surface area contributed by atoms with Gasteiger partial charge in [0, 0.05) is 34.7 Å². The van der Waals surface area contributed by atoms with Crippen molar-refractivity contribution in [2.75, 3.05) is 0 Å². The van der Waals surface area contributed by atoms with Gasteiger partial charge in [0.15, 0.2) is 5.69 Å². The Morgan fingerprint density at radius 3 is 2.33 bits per heavy atom. The van der Waals surface area contributed by atoms with Crippen molar-refractivity contribution in [3.63, 3.8) is 0 Å². The van der Waals surface area contributed by atoms with Gasteiger partial charge in [-0.15, -0.1) is 0 Å². The summed E-state index contributed by atoms with van der Waals surface area (Å²) < 4.78 is 75.5. The van der Waals surface area contributed by atoms with Crippen LogP contribution in [-0.2, 0) is 19.8 Å². The maximum Gasteiger partial charge on any atom is 0.459 e. The Morgan fingerprint density at radius 2 is 1.77 bits per heavy atom. The van der Waals surface area contributed by atoms with Crippen LogP contribution in [0, 0.1) is 0 Å². The lowest BCUT2D eigenvalue weighted by atomic mass is 10.1. The smallest absolute Gasteiger partial charge is 0.459 e. The SMILES string of the molecule is Cn1cc(C(F)(F)F)nc1-c1ccc(COc2nc(Cl)ncc2OC(F)(F)Br)cc1. The molecule has 0 amide bonds. The summed E-state index contributed by atoms with van der Waals surface area (Å²) in [6.45, 7) is -0.105. The van der Waals surface area contributed by atoms with Gasteiger partial charge in [0.25, 0.3) is 5.88 Å². The van der Waals surface area contributed by atoms with Crippen LogP contribution in [0.1, 0.15) is 11.3 Å². The molecule has 0 atom stereocenters. The van der Waals surface area contributed by atoms with E-state index >= 15 is 0 Å². The highest BCUT2D eigenvalue weighted by Crippen LogP contribution is 2.34. The highest BCUT2D eigenvalue weighted by atomic mass is 79.9. The molecule has 3 rings (SSSR count). The molecule has 0 bridgehead atoms. The maximum atomic E-state index is 13.0. The highest BCUT2D eigenvalue weighted by molar-refractivity contribution is 9.09. The predicted molar refractivity (Wildman–Crippen MR) is 99.5 cm³/mol. The van der Waals surface area contributed by atoms with Crippen molar-refractivity contribution < 1.29 is 31.4 Å². The first-order valence-corrected chi connectivity index (χ1v) is 9.20. The van der Waals surface area contributed by atoms with Crippen LogP contribution in [0.4, 0.5) is 22.0 Å². The zero-order valence-corrected chi connectivity index (χ0v) is 17.3. The molecule has 0 aliphatic heterocycles. The molecule has 30 heavy (non-hydrogen) atoms. The van der Waals surface area contributed by atoms with Gasteiger partial charge in [-0.05, 0) is 17.2 Å². The van der Waals surface area contributed by atoms with Gasteiger partial charge >= 0.3 is 11.2 Å². The first kappa shape index (κ1) is 22.2. The fraction of sp³-hybridized carbons (Fsp3) is 0.235. The minimum absolute atomic E-state index is 0.105. The molecular formula is C17H11BrClF5N4O2. The summed E-state index contributed by atoms with van der Waals surface area (Å²) in [7, 11) is 1.45. The summed E-state index contributed by atoms with van der Waals surface area (Å²) >= 11 is 7.70. The number of nitrogens with zero attached hydrogens (tertiary/aromatic N) is 4. The summed E-state index contributed by atoms with van der Waals surface area (Å²) in [5, 5.41) is -3.90. The van der Waals surface area contributed by atoms with Crippen molar-refractivity contribution in [1.82, 2.24) is 19.5 Å². The van der Waals surface area contributed by atoms with Gasteiger partial charge < -0.3 is 14.0 Å². The van der Waals surface area contributed by atoms with E-state index in [-0.39, 0.29) is 23.6 Å². The second-order valence-corrected chi connectivity index (χ2v) is 7.16. The van der Waals surface area contributed by atoms with E-state index in [1.165, 1.54) is 11.6 Å². The molecule has 1 aromatic carbocycles.